The van der Waals surface area contributed by atoms with Gasteiger partial charge >= 0.3 is 0 Å². The maximum Gasteiger partial charge on any atom is 0.258 e. The van der Waals surface area contributed by atoms with E-state index in [-0.39, 0.29) is 11.8 Å². The Balaban J connectivity index is 1.56. The lowest BCUT2D eigenvalue weighted by atomic mass is 10.0. The number of rotatable bonds is 3. The Morgan fingerprint density at radius 1 is 0.935 bits per heavy atom. The van der Waals surface area contributed by atoms with Crippen LogP contribution in [-0.4, -0.2) is 23.5 Å². The minimum Gasteiger partial charge on any atom is -0.388 e. The molecule has 3 aromatic carbocycles. The number of hydrogen-bond donors (Lipinski definition) is 2. The highest BCUT2D eigenvalue weighted by atomic mass is 16.3. The number of para-hydroxylation sites is 1. The molecule has 0 aromatic heterocycles. The van der Waals surface area contributed by atoms with E-state index in [1.807, 2.05) is 50.2 Å². The summed E-state index contributed by atoms with van der Waals surface area (Å²) in [6.07, 6.45) is 0.794. The van der Waals surface area contributed by atoms with Crippen molar-refractivity contribution in [2.45, 2.75) is 32.8 Å². The highest BCUT2D eigenvalue weighted by Crippen LogP contribution is 2.36. The van der Waals surface area contributed by atoms with Crippen molar-refractivity contribution in [1.29, 1.82) is 0 Å². The normalized spacial score (nSPS) is 15.7. The van der Waals surface area contributed by atoms with E-state index in [0.29, 0.717) is 29.8 Å². The molecule has 1 unspecified atom stereocenters. The largest absolute Gasteiger partial charge is 0.388 e. The van der Waals surface area contributed by atoms with E-state index in [1.165, 1.54) is 0 Å². The van der Waals surface area contributed by atoms with Crippen LogP contribution in [0.2, 0.25) is 0 Å². The lowest BCUT2D eigenvalue weighted by molar-refractivity contribution is 0.0985. The van der Waals surface area contributed by atoms with Crippen molar-refractivity contribution in [3.05, 3.63) is 94.5 Å². The molecule has 0 saturated carbocycles. The van der Waals surface area contributed by atoms with E-state index in [9.17, 15) is 14.7 Å². The van der Waals surface area contributed by atoms with Crippen molar-refractivity contribution in [3.8, 4) is 0 Å². The molecule has 5 nitrogen and oxygen atoms in total. The van der Waals surface area contributed by atoms with Gasteiger partial charge in [0.2, 0.25) is 0 Å². The van der Waals surface area contributed by atoms with Crippen LogP contribution in [0.1, 0.15) is 56.4 Å². The monoisotopic (exact) mass is 414 g/mol. The van der Waals surface area contributed by atoms with Gasteiger partial charge in [0, 0.05) is 28.9 Å². The standard InChI is InChI=1S/C26H26N2O3/c1-17-7-3-4-9-21(17)25(30)27-20-14-12-19(13-15-20)26(31)28-16-6-11-23(29)22-10-5-8-18(2)24(22)28/h3-5,7-10,12-15,23,29H,6,11,16H2,1-2H3,(H,27,30). The SMILES string of the molecule is Cc1ccccc1C(=O)Nc1ccc(C(=O)N2CCCC(O)c3cccc(C)c32)cc1. The van der Waals surface area contributed by atoms with E-state index in [2.05, 4.69) is 5.32 Å². The van der Waals surface area contributed by atoms with Crippen LogP contribution >= 0.6 is 0 Å². The zero-order valence-corrected chi connectivity index (χ0v) is 17.8. The average molecular weight is 415 g/mol. The second kappa shape index (κ2) is 8.74. The van der Waals surface area contributed by atoms with Gasteiger partial charge in [-0.2, -0.15) is 0 Å². The molecular weight excluding hydrogens is 388 g/mol. The Morgan fingerprint density at radius 2 is 1.65 bits per heavy atom. The fourth-order valence-corrected chi connectivity index (χ4v) is 4.11. The molecule has 1 aliphatic rings. The van der Waals surface area contributed by atoms with Gasteiger partial charge in [-0.05, 0) is 68.1 Å². The van der Waals surface area contributed by atoms with Crippen LogP contribution in [0, 0.1) is 13.8 Å². The van der Waals surface area contributed by atoms with Gasteiger partial charge in [0.05, 0.1) is 11.8 Å². The lowest BCUT2D eigenvalue weighted by Gasteiger charge is -2.25. The molecule has 2 N–H and O–H groups in total. The first-order valence-electron chi connectivity index (χ1n) is 10.5. The Morgan fingerprint density at radius 3 is 2.39 bits per heavy atom. The van der Waals surface area contributed by atoms with Crippen LogP contribution in [0.5, 0.6) is 0 Å². The van der Waals surface area contributed by atoms with Gasteiger partial charge in [-0.1, -0.05) is 36.4 Å². The zero-order valence-electron chi connectivity index (χ0n) is 17.8. The number of aryl methyl sites for hydroxylation is 2. The predicted octanol–water partition coefficient (Wildman–Crippen LogP) is 5.03. The van der Waals surface area contributed by atoms with Gasteiger partial charge in [-0.15, -0.1) is 0 Å². The highest BCUT2D eigenvalue weighted by Gasteiger charge is 2.27. The summed E-state index contributed by atoms with van der Waals surface area (Å²) in [5.74, 6) is -0.287. The average Bonchev–Trinajstić information content (AvgIpc) is 2.94. The van der Waals surface area contributed by atoms with Gasteiger partial charge < -0.3 is 15.3 Å². The first-order valence-corrected chi connectivity index (χ1v) is 10.5. The number of benzene rings is 3. The molecule has 3 aromatic rings. The van der Waals surface area contributed by atoms with Gasteiger partial charge in [0.1, 0.15) is 0 Å². The van der Waals surface area contributed by atoms with Crippen LogP contribution in [0.15, 0.2) is 66.7 Å². The summed E-state index contributed by atoms with van der Waals surface area (Å²) in [6, 6.07) is 20.1. The molecule has 0 radical (unpaired) electrons. The molecule has 4 rings (SSSR count). The summed E-state index contributed by atoms with van der Waals surface area (Å²) in [4.78, 5) is 27.6. The Kier molecular flexibility index (Phi) is 5.87. The number of hydrogen-bond acceptors (Lipinski definition) is 3. The quantitative estimate of drug-likeness (QED) is 0.632. The van der Waals surface area contributed by atoms with E-state index < -0.39 is 6.10 Å². The number of carbonyl (C=O) groups excluding carboxylic acids is 2. The van der Waals surface area contributed by atoms with E-state index in [1.54, 1.807) is 35.2 Å². The van der Waals surface area contributed by atoms with Crippen molar-refractivity contribution >= 4 is 23.2 Å². The van der Waals surface area contributed by atoms with E-state index >= 15 is 0 Å². The van der Waals surface area contributed by atoms with Crippen molar-refractivity contribution in [3.63, 3.8) is 0 Å². The smallest absolute Gasteiger partial charge is 0.258 e. The number of carbonyl (C=O) groups is 2. The summed E-state index contributed by atoms with van der Waals surface area (Å²) < 4.78 is 0. The molecule has 158 valence electrons. The Labute approximate surface area is 182 Å². The van der Waals surface area contributed by atoms with Crippen LogP contribution < -0.4 is 10.2 Å². The molecule has 0 fully saturated rings. The molecule has 1 aliphatic heterocycles. The summed E-state index contributed by atoms with van der Waals surface area (Å²) in [6.45, 7) is 4.41. The maximum absolute atomic E-state index is 13.3. The Hall–Kier alpha value is -3.44. The third-order valence-electron chi connectivity index (χ3n) is 5.78. The molecule has 0 saturated heterocycles. The third kappa shape index (κ3) is 4.23. The Bertz CT molecular complexity index is 1120. The third-order valence-corrected chi connectivity index (χ3v) is 5.78. The fraction of sp³-hybridized carbons (Fsp3) is 0.231. The zero-order chi connectivity index (χ0) is 22.0. The lowest BCUT2D eigenvalue weighted by Crippen LogP contribution is -2.32. The number of aliphatic hydroxyl groups is 1. The maximum atomic E-state index is 13.3. The number of nitrogens with zero attached hydrogens (tertiary/aromatic N) is 1. The summed E-state index contributed by atoms with van der Waals surface area (Å²) in [7, 11) is 0. The molecule has 0 bridgehead atoms. The van der Waals surface area contributed by atoms with Gasteiger partial charge in [0.25, 0.3) is 11.8 Å². The molecule has 2 amide bonds. The van der Waals surface area contributed by atoms with Gasteiger partial charge in [-0.3, -0.25) is 9.59 Å². The van der Waals surface area contributed by atoms with Gasteiger partial charge in [-0.25, -0.2) is 0 Å². The molecule has 1 atom stereocenters. The number of aliphatic hydroxyl groups excluding tert-OH is 1. The van der Waals surface area contributed by atoms with Crippen LogP contribution in [0.4, 0.5) is 11.4 Å². The van der Waals surface area contributed by atoms with Crippen molar-refractivity contribution < 1.29 is 14.7 Å². The molecule has 1 heterocycles. The first-order chi connectivity index (χ1) is 15.0. The predicted molar refractivity (Wildman–Crippen MR) is 123 cm³/mol. The number of amides is 2. The highest BCUT2D eigenvalue weighted by molar-refractivity contribution is 6.08. The summed E-state index contributed by atoms with van der Waals surface area (Å²) >= 11 is 0. The molecule has 0 spiro atoms. The van der Waals surface area contributed by atoms with Crippen molar-refractivity contribution in [1.82, 2.24) is 0 Å². The second-order valence-electron chi connectivity index (χ2n) is 7.97. The molecule has 31 heavy (non-hydrogen) atoms. The topological polar surface area (TPSA) is 69.6 Å². The van der Waals surface area contributed by atoms with Crippen molar-refractivity contribution in [2.24, 2.45) is 0 Å². The first kappa shape index (κ1) is 20.8. The van der Waals surface area contributed by atoms with E-state index in [4.69, 9.17) is 0 Å². The summed E-state index contributed by atoms with van der Waals surface area (Å²) in [5.41, 5.74) is 5.27. The van der Waals surface area contributed by atoms with Gasteiger partial charge in [0.15, 0.2) is 0 Å². The minimum absolute atomic E-state index is 0.110. The van der Waals surface area contributed by atoms with E-state index in [0.717, 1.165) is 28.8 Å². The molecule has 0 aliphatic carbocycles. The number of anilines is 2. The summed E-state index contributed by atoms with van der Waals surface area (Å²) in [5, 5.41) is 13.4. The molecular formula is C26H26N2O3. The number of nitrogens with one attached hydrogen (secondary N) is 1. The fourth-order valence-electron chi connectivity index (χ4n) is 4.11. The molecule has 5 heteroatoms. The minimum atomic E-state index is -0.563. The van der Waals surface area contributed by atoms with Crippen LogP contribution in [-0.2, 0) is 0 Å². The van der Waals surface area contributed by atoms with Crippen LogP contribution in [0.3, 0.4) is 0 Å². The van der Waals surface area contributed by atoms with Crippen molar-refractivity contribution in [2.75, 3.05) is 16.8 Å². The number of fused-ring (bicyclic) bond motifs is 1. The van der Waals surface area contributed by atoms with Crippen LogP contribution in [0.25, 0.3) is 0 Å². The second-order valence-corrected chi connectivity index (χ2v) is 7.97.